The number of aryl methyl sites for hydroxylation is 2. The first-order chi connectivity index (χ1) is 6.74. The standard InChI is InChI=1S/C12H8Cl2/c13-10-3-7-1-2-8-4-11(14)6-9(5-10)12(7)8/h3-6H,1-2H2. The Bertz CT molecular complexity index is 485. The number of hydrogen-bond donors (Lipinski definition) is 0. The molecule has 1 aliphatic carbocycles. The van der Waals surface area contributed by atoms with Crippen molar-refractivity contribution in [3.63, 3.8) is 0 Å². The van der Waals surface area contributed by atoms with Crippen LogP contribution in [0.25, 0.3) is 10.8 Å². The molecule has 70 valence electrons. The van der Waals surface area contributed by atoms with Crippen molar-refractivity contribution in [2.45, 2.75) is 12.8 Å². The van der Waals surface area contributed by atoms with Gasteiger partial charge in [-0.05, 0) is 59.0 Å². The molecule has 0 aliphatic heterocycles. The Hall–Kier alpha value is -0.720. The molecule has 0 radical (unpaired) electrons. The molecule has 2 aromatic carbocycles. The van der Waals surface area contributed by atoms with Gasteiger partial charge in [-0.2, -0.15) is 0 Å². The van der Waals surface area contributed by atoms with Crippen molar-refractivity contribution in [1.82, 2.24) is 0 Å². The minimum Gasteiger partial charge on any atom is -0.0843 e. The first kappa shape index (κ1) is 8.58. The van der Waals surface area contributed by atoms with Gasteiger partial charge in [0.05, 0.1) is 0 Å². The molecular weight excluding hydrogens is 215 g/mol. The summed E-state index contributed by atoms with van der Waals surface area (Å²) in [5, 5.41) is 4.15. The summed E-state index contributed by atoms with van der Waals surface area (Å²) in [5.74, 6) is 0. The minimum absolute atomic E-state index is 0.808. The molecule has 0 heterocycles. The maximum atomic E-state index is 6.03. The number of halogens is 2. The van der Waals surface area contributed by atoms with Gasteiger partial charge in [0.15, 0.2) is 0 Å². The lowest BCUT2D eigenvalue weighted by Crippen LogP contribution is -1.79. The Morgan fingerprint density at radius 1 is 0.786 bits per heavy atom. The lowest BCUT2D eigenvalue weighted by atomic mass is 10.1. The molecular formula is C12H8Cl2. The molecule has 0 amide bonds. The second-order valence-corrected chi connectivity index (χ2v) is 4.60. The average Bonchev–Trinajstić information content (AvgIpc) is 2.48. The highest BCUT2D eigenvalue weighted by Gasteiger charge is 2.15. The number of rotatable bonds is 0. The van der Waals surface area contributed by atoms with Crippen molar-refractivity contribution in [2.24, 2.45) is 0 Å². The zero-order valence-electron chi connectivity index (χ0n) is 7.48. The first-order valence-corrected chi connectivity index (χ1v) is 5.40. The zero-order chi connectivity index (χ0) is 9.71. The van der Waals surface area contributed by atoms with Crippen LogP contribution >= 0.6 is 23.2 Å². The highest BCUT2D eigenvalue weighted by atomic mass is 35.5. The molecule has 3 rings (SSSR count). The van der Waals surface area contributed by atoms with Gasteiger partial charge in [-0.1, -0.05) is 23.2 Å². The Labute approximate surface area is 92.4 Å². The summed E-state index contributed by atoms with van der Waals surface area (Å²) in [6, 6.07) is 8.10. The molecule has 0 N–H and O–H groups in total. The van der Waals surface area contributed by atoms with Gasteiger partial charge in [-0.15, -0.1) is 0 Å². The summed E-state index contributed by atoms with van der Waals surface area (Å²) >= 11 is 12.1. The van der Waals surface area contributed by atoms with E-state index in [0.29, 0.717) is 0 Å². The van der Waals surface area contributed by atoms with Gasteiger partial charge in [0.25, 0.3) is 0 Å². The topological polar surface area (TPSA) is 0 Å². The monoisotopic (exact) mass is 222 g/mol. The van der Waals surface area contributed by atoms with E-state index in [0.717, 1.165) is 22.9 Å². The Balaban J connectivity index is 2.51. The summed E-state index contributed by atoms with van der Waals surface area (Å²) < 4.78 is 0. The van der Waals surface area contributed by atoms with Crippen LogP contribution in [0.15, 0.2) is 24.3 Å². The summed E-state index contributed by atoms with van der Waals surface area (Å²) in [5.41, 5.74) is 2.72. The Morgan fingerprint density at radius 3 is 1.79 bits per heavy atom. The van der Waals surface area contributed by atoms with Crippen LogP contribution in [0.1, 0.15) is 11.1 Å². The van der Waals surface area contributed by atoms with Crippen LogP contribution in [0.4, 0.5) is 0 Å². The number of hydrogen-bond acceptors (Lipinski definition) is 0. The van der Waals surface area contributed by atoms with Gasteiger partial charge in [-0.3, -0.25) is 0 Å². The molecule has 0 bridgehead atoms. The van der Waals surface area contributed by atoms with Crippen LogP contribution in [-0.2, 0) is 12.8 Å². The maximum Gasteiger partial charge on any atom is 0.0415 e. The first-order valence-electron chi connectivity index (χ1n) is 4.64. The fourth-order valence-electron chi connectivity index (χ4n) is 2.28. The van der Waals surface area contributed by atoms with Crippen molar-refractivity contribution < 1.29 is 0 Å². The van der Waals surface area contributed by atoms with Gasteiger partial charge in [-0.25, -0.2) is 0 Å². The summed E-state index contributed by atoms with van der Waals surface area (Å²) in [6.07, 6.45) is 2.18. The second-order valence-electron chi connectivity index (χ2n) is 3.73. The molecule has 0 fully saturated rings. The van der Waals surface area contributed by atoms with Crippen molar-refractivity contribution in [2.75, 3.05) is 0 Å². The van der Waals surface area contributed by atoms with Crippen molar-refractivity contribution in [3.05, 3.63) is 45.4 Å². The molecule has 0 spiro atoms. The van der Waals surface area contributed by atoms with E-state index in [2.05, 4.69) is 12.1 Å². The highest BCUT2D eigenvalue weighted by Crippen LogP contribution is 2.35. The van der Waals surface area contributed by atoms with Crippen LogP contribution in [0.5, 0.6) is 0 Å². The molecule has 0 aromatic heterocycles. The normalized spacial score (nSPS) is 13.9. The van der Waals surface area contributed by atoms with E-state index >= 15 is 0 Å². The van der Waals surface area contributed by atoms with Crippen LogP contribution in [0.2, 0.25) is 10.0 Å². The molecule has 0 atom stereocenters. The predicted molar refractivity (Wildman–Crippen MR) is 61.4 cm³/mol. The van der Waals surface area contributed by atoms with Crippen molar-refractivity contribution in [1.29, 1.82) is 0 Å². The molecule has 0 unspecified atom stereocenters. The van der Waals surface area contributed by atoms with Gasteiger partial charge in [0.1, 0.15) is 0 Å². The fraction of sp³-hybridized carbons (Fsp3) is 0.167. The SMILES string of the molecule is Clc1cc2c3c(cc(Cl)cc3c1)CC2. The van der Waals surface area contributed by atoms with Gasteiger partial charge in [0, 0.05) is 10.0 Å². The summed E-state index contributed by atoms with van der Waals surface area (Å²) in [7, 11) is 0. The van der Waals surface area contributed by atoms with E-state index in [9.17, 15) is 0 Å². The molecule has 0 saturated carbocycles. The molecule has 2 heteroatoms. The molecule has 1 aliphatic rings. The molecule has 0 saturated heterocycles. The third-order valence-electron chi connectivity index (χ3n) is 2.81. The highest BCUT2D eigenvalue weighted by molar-refractivity contribution is 6.33. The lowest BCUT2D eigenvalue weighted by molar-refractivity contribution is 1.02. The number of benzene rings is 2. The summed E-state index contributed by atoms with van der Waals surface area (Å²) in [6.45, 7) is 0. The van der Waals surface area contributed by atoms with Crippen LogP contribution in [-0.4, -0.2) is 0 Å². The van der Waals surface area contributed by atoms with E-state index in [-0.39, 0.29) is 0 Å². The largest absolute Gasteiger partial charge is 0.0843 e. The second kappa shape index (κ2) is 2.88. The maximum absolute atomic E-state index is 6.03. The molecule has 2 aromatic rings. The zero-order valence-corrected chi connectivity index (χ0v) is 8.99. The van der Waals surface area contributed by atoms with E-state index in [4.69, 9.17) is 23.2 Å². The Kier molecular flexibility index (Phi) is 1.77. The lowest BCUT2D eigenvalue weighted by Gasteiger charge is -2.03. The Morgan fingerprint density at radius 2 is 1.29 bits per heavy atom. The van der Waals surface area contributed by atoms with Crippen molar-refractivity contribution in [3.8, 4) is 0 Å². The van der Waals surface area contributed by atoms with E-state index in [1.54, 1.807) is 0 Å². The van der Waals surface area contributed by atoms with Crippen LogP contribution < -0.4 is 0 Å². The van der Waals surface area contributed by atoms with Gasteiger partial charge < -0.3 is 0 Å². The van der Waals surface area contributed by atoms with Gasteiger partial charge >= 0.3 is 0 Å². The molecule has 14 heavy (non-hydrogen) atoms. The third-order valence-corrected chi connectivity index (χ3v) is 3.24. The van der Waals surface area contributed by atoms with E-state index < -0.39 is 0 Å². The van der Waals surface area contributed by atoms with Crippen molar-refractivity contribution >= 4 is 34.0 Å². The molecule has 0 nitrogen and oxygen atoms in total. The summed E-state index contributed by atoms with van der Waals surface area (Å²) in [4.78, 5) is 0. The third kappa shape index (κ3) is 1.14. The fourth-order valence-corrected chi connectivity index (χ4v) is 2.78. The predicted octanol–water partition coefficient (Wildman–Crippen LogP) is 4.25. The minimum atomic E-state index is 0.808. The van der Waals surface area contributed by atoms with Crippen LogP contribution in [0.3, 0.4) is 0 Å². The van der Waals surface area contributed by atoms with E-state index in [1.165, 1.54) is 21.9 Å². The van der Waals surface area contributed by atoms with Crippen LogP contribution in [0, 0.1) is 0 Å². The van der Waals surface area contributed by atoms with Gasteiger partial charge in [0.2, 0.25) is 0 Å². The average molecular weight is 223 g/mol. The smallest absolute Gasteiger partial charge is 0.0415 e. The van der Waals surface area contributed by atoms with E-state index in [1.807, 2.05) is 12.1 Å². The quantitative estimate of drug-likeness (QED) is 0.626.